The number of benzene rings is 4. The zero-order chi connectivity index (χ0) is 20.9. The summed E-state index contributed by atoms with van der Waals surface area (Å²) in [5.41, 5.74) is 7.58. The predicted octanol–water partition coefficient (Wildman–Crippen LogP) is 7.94. The lowest BCUT2D eigenvalue weighted by Crippen LogP contribution is -1.93. The van der Waals surface area contributed by atoms with Gasteiger partial charge in [-0.25, -0.2) is 0 Å². The minimum atomic E-state index is 0.0169. The van der Waals surface area contributed by atoms with Gasteiger partial charge in [0.15, 0.2) is 5.78 Å². The number of ketones is 1. The number of carbonyl (C=O) groups is 1. The summed E-state index contributed by atoms with van der Waals surface area (Å²) in [5.74, 6) is 0.0169. The number of carbonyl (C=O) groups excluding carboxylic acids is 1. The largest absolute Gasteiger partial charge is 0.295 e. The zero-order valence-electron chi connectivity index (χ0n) is 16.7. The fourth-order valence-corrected chi connectivity index (χ4v) is 3.68. The molecular formula is C28H21ClO. The van der Waals surface area contributed by atoms with Gasteiger partial charge in [-0.05, 0) is 76.2 Å². The molecule has 1 nitrogen and oxygen atoms in total. The second-order valence-electron chi connectivity index (χ2n) is 7.17. The van der Waals surface area contributed by atoms with Gasteiger partial charge >= 0.3 is 0 Å². The summed E-state index contributed by atoms with van der Waals surface area (Å²) in [6.07, 6.45) is 3.55. The molecule has 2 heteroatoms. The van der Waals surface area contributed by atoms with Crippen molar-refractivity contribution in [3.8, 4) is 33.4 Å². The van der Waals surface area contributed by atoms with Gasteiger partial charge in [0.25, 0.3) is 0 Å². The number of hydrogen-bond acceptors (Lipinski definition) is 1. The molecule has 0 aliphatic carbocycles. The van der Waals surface area contributed by atoms with Crippen LogP contribution in [-0.4, -0.2) is 5.78 Å². The Morgan fingerprint density at radius 2 is 1.17 bits per heavy atom. The summed E-state index contributed by atoms with van der Waals surface area (Å²) >= 11 is 6.14. The van der Waals surface area contributed by atoms with Gasteiger partial charge in [0.1, 0.15) is 0 Å². The van der Waals surface area contributed by atoms with Gasteiger partial charge in [-0.15, -0.1) is 0 Å². The van der Waals surface area contributed by atoms with Crippen molar-refractivity contribution in [1.82, 2.24) is 0 Å². The molecule has 0 spiro atoms. The maximum atomic E-state index is 11.7. The molecule has 0 amide bonds. The van der Waals surface area contributed by atoms with Crippen LogP contribution >= 0.6 is 11.6 Å². The fraction of sp³-hybridized carbons (Fsp3) is 0.0357. The second kappa shape index (κ2) is 8.94. The van der Waals surface area contributed by atoms with Crippen LogP contribution in [0.4, 0.5) is 0 Å². The van der Waals surface area contributed by atoms with Gasteiger partial charge < -0.3 is 0 Å². The number of halogens is 1. The van der Waals surface area contributed by atoms with Crippen LogP contribution in [0.2, 0.25) is 5.02 Å². The van der Waals surface area contributed by atoms with Crippen molar-refractivity contribution in [2.45, 2.75) is 6.92 Å². The molecule has 0 aromatic heterocycles. The van der Waals surface area contributed by atoms with Crippen LogP contribution in [0, 0.1) is 0 Å². The highest BCUT2D eigenvalue weighted by atomic mass is 35.5. The SMILES string of the molecule is CC(=O)/C=C\c1c(-c2ccccc2)cc(-c2ccccc2)cc1-c1ccc(Cl)cc1. The van der Waals surface area contributed by atoms with Crippen molar-refractivity contribution >= 4 is 23.5 Å². The molecule has 30 heavy (non-hydrogen) atoms. The van der Waals surface area contributed by atoms with Gasteiger partial charge in [0, 0.05) is 5.02 Å². The quantitative estimate of drug-likeness (QED) is 0.306. The molecule has 4 aromatic carbocycles. The van der Waals surface area contributed by atoms with E-state index in [-0.39, 0.29) is 5.78 Å². The number of hydrogen-bond donors (Lipinski definition) is 0. The molecule has 0 bridgehead atoms. The van der Waals surface area contributed by atoms with Crippen molar-refractivity contribution in [2.24, 2.45) is 0 Å². The third-order valence-electron chi connectivity index (χ3n) is 5.01. The van der Waals surface area contributed by atoms with Crippen molar-refractivity contribution < 1.29 is 4.79 Å². The molecule has 4 aromatic rings. The van der Waals surface area contributed by atoms with E-state index in [2.05, 4.69) is 36.4 Å². The Labute approximate surface area is 182 Å². The van der Waals surface area contributed by atoms with E-state index in [0.717, 1.165) is 38.9 Å². The normalized spacial score (nSPS) is 11.0. The van der Waals surface area contributed by atoms with Gasteiger partial charge in [-0.1, -0.05) is 90.5 Å². The predicted molar refractivity (Wildman–Crippen MR) is 127 cm³/mol. The van der Waals surface area contributed by atoms with Crippen LogP contribution < -0.4 is 0 Å². The lowest BCUT2D eigenvalue weighted by molar-refractivity contribution is -0.112. The monoisotopic (exact) mass is 408 g/mol. The molecule has 0 atom stereocenters. The van der Waals surface area contributed by atoms with Crippen LogP contribution in [0.5, 0.6) is 0 Å². The summed E-state index contributed by atoms with van der Waals surface area (Å²) < 4.78 is 0. The van der Waals surface area contributed by atoms with E-state index in [4.69, 9.17) is 11.6 Å². The first-order chi connectivity index (χ1) is 14.6. The average Bonchev–Trinajstić information content (AvgIpc) is 2.79. The van der Waals surface area contributed by atoms with E-state index < -0.39 is 0 Å². The Hall–Kier alpha value is -3.42. The Balaban J connectivity index is 2.04. The van der Waals surface area contributed by atoms with Gasteiger partial charge in [0.05, 0.1) is 0 Å². The van der Waals surface area contributed by atoms with E-state index in [1.165, 1.54) is 0 Å². The Kier molecular flexibility index (Phi) is 5.92. The van der Waals surface area contributed by atoms with Crippen LogP contribution in [0.3, 0.4) is 0 Å². The maximum Gasteiger partial charge on any atom is 0.152 e. The average molecular weight is 409 g/mol. The molecule has 0 radical (unpaired) electrons. The van der Waals surface area contributed by atoms with Crippen molar-refractivity contribution in [3.05, 3.63) is 114 Å². The van der Waals surface area contributed by atoms with Crippen molar-refractivity contribution in [2.75, 3.05) is 0 Å². The summed E-state index contributed by atoms with van der Waals surface area (Å²) in [7, 11) is 0. The van der Waals surface area contributed by atoms with Gasteiger partial charge in [0.2, 0.25) is 0 Å². The second-order valence-corrected chi connectivity index (χ2v) is 7.60. The summed E-state index contributed by atoms with van der Waals surface area (Å²) in [6, 6.07) is 32.8. The molecule has 0 saturated heterocycles. The fourth-order valence-electron chi connectivity index (χ4n) is 3.56. The third-order valence-corrected chi connectivity index (χ3v) is 5.26. The highest BCUT2D eigenvalue weighted by Crippen LogP contribution is 2.38. The standard InChI is InChI=1S/C28H21ClO/c1-20(30)12-17-26-27(22-10-6-3-7-11-22)18-24(21-8-4-2-5-9-21)19-28(26)23-13-15-25(29)16-14-23/h2-19H,1H3/b17-12-. The highest BCUT2D eigenvalue weighted by molar-refractivity contribution is 6.30. The van der Waals surface area contributed by atoms with E-state index in [9.17, 15) is 4.79 Å². The van der Waals surface area contributed by atoms with E-state index in [1.807, 2.05) is 66.7 Å². The molecule has 0 aliphatic heterocycles. The number of rotatable bonds is 5. The lowest BCUT2D eigenvalue weighted by Gasteiger charge is -2.16. The van der Waals surface area contributed by atoms with E-state index in [0.29, 0.717) is 5.02 Å². The topological polar surface area (TPSA) is 17.1 Å². The zero-order valence-corrected chi connectivity index (χ0v) is 17.4. The molecule has 4 rings (SSSR count). The van der Waals surface area contributed by atoms with Crippen LogP contribution in [0.25, 0.3) is 39.5 Å². The van der Waals surface area contributed by atoms with Crippen LogP contribution in [0.15, 0.2) is 103 Å². The van der Waals surface area contributed by atoms with Crippen LogP contribution in [0.1, 0.15) is 12.5 Å². The van der Waals surface area contributed by atoms with E-state index in [1.54, 1.807) is 13.0 Å². The lowest BCUT2D eigenvalue weighted by atomic mass is 9.87. The van der Waals surface area contributed by atoms with Gasteiger partial charge in [-0.2, -0.15) is 0 Å². The molecule has 0 N–H and O–H groups in total. The third kappa shape index (κ3) is 4.42. The minimum absolute atomic E-state index is 0.0169. The molecule has 0 unspecified atom stereocenters. The highest BCUT2D eigenvalue weighted by Gasteiger charge is 2.14. The maximum absolute atomic E-state index is 11.7. The summed E-state index contributed by atoms with van der Waals surface area (Å²) in [4.78, 5) is 11.7. The summed E-state index contributed by atoms with van der Waals surface area (Å²) in [6.45, 7) is 1.57. The Bertz CT molecular complexity index is 1190. The summed E-state index contributed by atoms with van der Waals surface area (Å²) in [5, 5.41) is 0.696. The van der Waals surface area contributed by atoms with E-state index >= 15 is 0 Å². The molecule has 0 fully saturated rings. The Morgan fingerprint density at radius 3 is 1.70 bits per heavy atom. The smallest absolute Gasteiger partial charge is 0.152 e. The minimum Gasteiger partial charge on any atom is -0.295 e. The first-order valence-electron chi connectivity index (χ1n) is 9.85. The molecule has 146 valence electrons. The number of allylic oxidation sites excluding steroid dienone is 1. The molecule has 0 saturated carbocycles. The molecule has 0 heterocycles. The molecular weight excluding hydrogens is 388 g/mol. The van der Waals surface area contributed by atoms with Gasteiger partial charge in [-0.3, -0.25) is 4.79 Å². The van der Waals surface area contributed by atoms with Crippen molar-refractivity contribution in [1.29, 1.82) is 0 Å². The van der Waals surface area contributed by atoms with Crippen molar-refractivity contribution in [3.63, 3.8) is 0 Å². The van der Waals surface area contributed by atoms with Crippen LogP contribution in [-0.2, 0) is 4.79 Å². The molecule has 0 aliphatic rings. The first-order valence-corrected chi connectivity index (χ1v) is 10.2. The first kappa shape index (κ1) is 19.9. The Morgan fingerprint density at radius 1 is 0.667 bits per heavy atom.